The SMILES string of the molecule is CC(C)(C)C(c1nc(-c2cc(F)ccc2F)cn1Cc1ccccc1)N(CCC(N)C(=O)NCCC(=O)NCCN1C(=O)C=CC1=O)C(=O)CO.O=C(O)C(F)(F)F. The molecule has 1 aromatic heterocycles. The highest BCUT2D eigenvalue weighted by molar-refractivity contribution is 6.12. The van der Waals surface area contributed by atoms with Crippen molar-refractivity contribution in [2.45, 2.75) is 58.4 Å². The van der Waals surface area contributed by atoms with Crippen LogP contribution >= 0.6 is 0 Å². The van der Waals surface area contributed by atoms with Crippen LogP contribution < -0.4 is 16.4 Å². The van der Waals surface area contributed by atoms with Crippen molar-refractivity contribution >= 4 is 35.5 Å². The number of hydrogen-bond acceptors (Lipinski definition) is 9. The fourth-order valence-corrected chi connectivity index (χ4v) is 5.75. The first-order valence-electron chi connectivity index (χ1n) is 17.7. The summed E-state index contributed by atoms with van der Waals surface area (Å²) in [4.78, 5) is 77.7. The van der Waals surface area contributed by atoms with Crippen molar-refractivity contribution in [1.29, 1.82) is 0 Å². The van der Waals surface area contributed by atoms with Gasteiger partial charge in [-0.1, -0.05) is 51.1 Å². The molecule has 20 heteroatoms. The minimum atomic E-state index is -5.08. The molecule has 15 nitrogen and oxygen atoms in total. The average molecular weight is 822 g/mol. The molecule has 3 aromatic rings. The topological polar surface area (TPSA) is 217 Å². The normalized spacial score (nSPS) is 13.7. The third-order valence-electron chi connectivity index (χ3n) is 8.51. The number of aromatic nitrogens is 2. The highest BCUT2D eigenvalue weighted by Gasteiger charge is 2.39. The lowest BCUT2D eigenvalue weighted by atomic mass is 9.84. The second-order valence-corrected chi connectivity index (χ2v) is 14.0. The molecule has 2 heterocycles. The summed E-state index contributed by atoms with van der Waals surface area (Å²) in [6.07, 6.45) is -1.29. The first-order valence-corrected chi connectivity index (χ1v) is 17.7. The highest BCUT2D eigenvalue weighted by atomic mass is 19.4. The lowest BCUT2D eigenvalue weighted by Gasteiger charge is -2.40. The molecule has 0 radical (unpaired) electrons. The van der Waals surface area contributed by atoms with E-state index >= 15 is 0 Å². The molecule has 0 spiro atoms. The van der Waals surface area contributed by atoms with E-state index < -0.39 is 77.4 Å². The van der Waals surface area contributed by atoms with Gasteiger partial charge in [-0.15, -0.1) is 0 Å². The fourth-order valence-electron chi connectivity index (χ4n) is 5.75. The molecule has 2 atom stereocenters. The van der Waals surface area contributed by atoms with Gasteiger partial charge in [0.25, 0.3) is 11.8 Å². The zero-order valence-electron chi connectivity index (χ0n) is 31.8. The monoisotopic (exact) mass is 821 g/mol. The highest BCUT2D eigenvalue weighted by Crippen LogP contribution is 2.39. The summed E-state index contributed by atoms with van der Waals surface area (Å²) in [5.41, 5.74) is 6.47. The number of carbonyl (C=O) groups is 6. The molecule has 1 aliphatic rings. The van der Waals surface area contributed by atoms with Crippen molar-refractivity contribution < 1.29 is 60.9 Å². The van der Waals surface area contributed by atoms with E-state index in [0.717, 1.165) is 40.8 Å². The van der Waals surface area contributed by atoms with Crippen LogP contribution in [0.2, 0.25) is 0 Å². The van der Waals surface area contributed by atoms with Crippen LogP contribution in [0.4, 0.5) is 22.0 Å². The molecule has 1 aliphatic heterocycles. The Bertz CT molecular complexity index is 1960. The number of halogens is 5. The molecule has 6 N–H and O–H groups in total. The van der Waals surface area contributed by atoms with Gasteiger partial charge in [0.15, 0.2) is 0 Å². The van der Waals surface area contributed by atoms with Gasteiger partial charge < -0.3 is 36.0 Å². The van der Waals surface area contributed by atoms with E-state index in [2.05, 4.69) is 10.6 Å². The van der Waals surface area contributed by atoms with Crippen molar-refractivity contribution in [2.75, 3.05) is 32.8 Å². The quantitative estimate of drug-likeness (QED) is 0.105. The van der Waals surface area contributed by atoms with E-state index in [1.54, 1.807) is 10.8 Å². The van der Waals surface area contributed by atoms with Gasteiger partial charge in [0.05, 0.1) is 17.8 Å². The summed E-state index contributed by atoms with van der Waals surface area (Å²) in [6, 6.07) is 10.5. The van der Waals surface area contributed by atoms with Gasteiger partial charge in [0.2, 0.25) is 17.7 Å². The molecule has 0 bridgehead atoms. The first-order chi connectivity index (χ1) is 27.1. The fraction of sp³-hybridized carbons (Fsp3) is 0.395. The van der Waals surface area contributed by atoms with Crippen LogP contribution in [-0.4, -0.2) is 110 Å². The van der Waals surface area contributed by atoms with Crippen LogP contribution in [0.25, 0.3) is 11.3 Å². The van der Waals surface area contributed by atoms with Gasteiger partial charge in [-0.3, -0.25) is 28.9 Å². The van der Waals surface area contributed by atoms with Crippen LogP contribution in [0.3, 0.4) is 0 Å². The number of imide groups is 1. The number of amides is 5. The van der Waals surface area contributed by atoms with Gasteiger partial charge in [0, 0.05) is 63.1 Å². The minimum Gasteiger partial charge on any atom is -0.475 e. The lowest BCUT2D eigenvalue weighted by molar-refractivity contribution is -0.192. The number of rotatable bonds is 16. The van der Waals surface area contributed by atoms with Crippen LogP contribution in [0.5, 0.6) is 0 Å². The maximum atomic E-state index is 14.9. The summed E-state index contributed by atoms with van der Waals surface area (Å²) >= 11 is 0. The number of imidazole rings is 1. The summed E-state index contributed by atoms with van der Waals surface area (Å²) in [7, 11) is 0. The predicted molar refractivity (Wildman–Crippen MR) is 197 cm³/mol. The number of aliphatic carboxylic acids is 1. The van der Waals surface area contributed by atoms with E-state index in [1.807, 2.05) is 51.1 Å². The number of aliphatic hydroxyl groups excluding tert-OH is 1. The maximum Gasteiger partial charge on any atom is 0.490 e. The molecule has 0 saturated carbocycles. The van der Waals surface area contributed by atoms with E-state index in [9.17, 15) is 51.0 Å². The largest absolute Gasteiger partial charge is 0.490 e. The Kier molecular flexibility index (Phi) is 16.3. The number of nitrogens with zero attached hydrogens (tertiary/aromatic N) is 4. The summed E-state index contributed by atoms with van der Waals surface area (Å²) in [5.74, 6) is -6.26. The standard InChI is InChI=1S/C36H43F2N7O6.C2HF3O2/c1-36(2,3)33(34-42-28(25-19-24(37)9-10-26(25)38)21-43(34)20-23-7-5-4-6-8-23)45(32(50)22-46)17-14-27(39)35(51)41-15-13-29(47)40-16-18-44-30(48)11-12-31(44)49;3-2(4,5)1(6)7/h4-12,19,21,27,33,46H,13-18,20,22,39H2,1-3H3,(H,40,47)(H,41,51);(H,6,7). The Hall–Kier alpha value is -6.02. The second-order valence-electron chi connectivity index (χ2n) is 14.0. The van der Waals surface area contributed by atoms with Gasteiger partial charge in [-0.05, 0) is 35.6 Å². The number of carbonyl (C=O) groups excluding carboxylic acids is 5. The van der Waals surface area contributed by atoms with Crippen LogP contribution in [0, 0.1) is 17.0 Å². The van der Waals surface area contributed by atoms with Crippen LogP contribution in [-0.2, 0) is 35.3 Å². The van der Waals surface area contributed by atoms with E-state index in [0.29, 0.717) is 5.82 Å². The molecule has 0 saturated heterocycles. The molecule has 4 rings (SSSR count). The second kappa shape index (κ2) is 20.4. The molecule has 2 unspecified atom stereocenters. The number of nitrogens with two attached hydrogens (primary N) is 1. The molecule has 5 amide bonds. The van der Waals surface area contributed by atoms with Crippen LogP contribution in [0.1, 0.15) is 51.0 Å². The van der Waals surface area contributed by atoms with E-state index in [4.69, 9.17) is 20.6 Å². The molecule has 58 heavy (non-hydrogen) atoms. The summed E-state index contributed by atoms with van der Waals surface area (Å²) < 4.78 is 62.7. The smallest absolute Gasteiger partial charge is 0.475 e. The van der Waals surface area contributed by atoms with E-state index in [-0.39, 0.29) is 56.8 Å². The average Bonchev–Trinajstić information content (AvgIpc) is 3.70. The summed E-state index contributed by atoms with van der Waals surface area (Å²) in [5, 5.41) is 22.3. The molecule has 0 aliphatic carbocycles. The Balaban J connectivity index is 0.00000117. The summed E-state index contributed by atoms with van der Waals surface area (Å²) in [6.45, 7) is 5.01. The molecular weight excluding hydrogens is 777 g/mol. The third kappa shape index (κ3) is 13.3. The maximum absolute atomic E-state index is 14.9. The number of hydrogen-bond donors (Lipinski definition) is 5. The van der Waals surface area contributed by atoms with Crippen molar-refractivity contribution in [3.63, 3.8) is 0 Å². The zero-order valence-corrected chi connectivity index (χ0v) is 31.8. The van der Waals surface area contributed by atoms with Gasteiger partial charge in [0.1, 0.15) is 24.1 Å². The first kappa shape index (κ1) is 46.4. The number of aliphatic hydroxyl groups is 1. The van der Waals surface area contributed by atoms with Crippen molar-refractivity contribution in [2.24, 2.45) is 11.1 Å². The van der Waals surface area contributed by atoms with Crippen molar-refractivity contribution in [3.05, 3.63) is 89.9 Å². The lowest BCUT2D eigenvalue weighted by Crippen LogP contribution is -2.48. The molecule has 2 aromatic carbocycles. The molecule has 314 valence electrons. The Morgan fingerprint density at radius 1 is 0.948 bits per heavy atom. The Morgan fingerprint density at radius 2 is 1.57 bits per heavy atom. The number of nitrogens with one attached hydrogen (secondary N) is 2. The van der Waals surface area contributed by atoms with Crippen molar-refractivity contribution in [1.82, 2.24) is 30.0 Å². The number of carboxylic acids is 1. The minimum absolute atomic E-state index is 0.0156. The van der Waals surface area contributed by atoms with Gasteiger partial charge in [-0.25, -0.2) is 18.6 Å². The Labute approximate surface area is 329 Å². The third-order valence-corrected chi connectivity index (χ3v) is 8.51. The zero-order chi connectivity index (χ0) is 43.4. The van der Waals surface area contributed by atoms with Crippen LogP contribution in [0.15, 0.2) is 66.9 Å². The number of benzene rings is 2. The molecular formula is C38H44F5N7O8. The van der Waals surface area contributed by atoms with Crippen molar-refractivity contribution in [3.8, 4) is 11.3 Å². The van der Waals surface area contributed by atoms with Gasteiger partial charge >= 0.3 is 12.1 Å². The van der Waals surface area contributed by atoms with Gasteiger partial charge in [-0.2, -0.15) is 13.2 Å². The number of alkyl halides is 3. The van der Waals surface area contributed by atoms with E-state index in [1.165, 1.54) is 4.90 Å². The predicted octanol–water partition coefficient (Wildman–Crippen LogP) is 2.68. The Morgan fingerprint density at radius 3 is 2.14 bits per heavy atom. The number of carboxylic acid groups (broad SMARTS) is 1. The molecule has 0 fully saturated rings.